The van der Waals surface area contributed by atoms with E-state index in [1.807, 2.05) is 24.0 Å². The Morgan fingerprint density at radius 1 is 1.32 bits per heavy atom. The first-order valence-electron chi connectivity index (χ1n) is 8.92. The summed E-state index contributed by atoms with van der Waals surface area (Å²) in [5.41, 5.74) is 0.580. The maximum atomic E-state index is 13.0. The SMILES string of the molecule is C[C@@H]1CN(Cc2ccc(F)cc2)CCN1C(=O)[C@]1(C)CCC(=O)NC1. The maximum absolute atomic E-state index is 13.0. The molecule has 1 aromatic carbocycles. The lowest BCUT2D eigenvalue weighted by atomic mass is 9.80. The summed E-state index contributed by atoms with van der Waals surface area (Å²) in [5.74, 6) is -0.0516. The van der Waals surface area contributed by atoms with E-state index in [1.54, 1.807) is 0 Å². The van der Waals surface area contributed by atoms with Crippen molar-refractivity contribution >= 4 is 11.8 Å². The number of hydrogen-bond donors (Lipinski definition) is 1. The molecule has 1 aromatic rings. The van der Waals surface area contributed by atoms with Crippen LogP contribution in [0.4, 0.5) is 4.39 Å². The Hall–Kier alpha value is -1.95. The number of halogens is 1. The second-order valence-corrected chi connectivity index (χ2v) is 7.55. The molecule has 2 aliphatic rings. The third kappa shape index (κ3) is 4.00. The molecule has 0 bridgehead atoms. The predicted molar refractivity (Wildman–Crippen MR) is 93.2 cm³/mol. The van der Waals surface area contributed by atoms with Crippen molar-refractivity contribution in [2.75, 3.05) is 26.2 Å². The third-order valence-electron chi connectivity index (χ3n) is 5.39. The van der Waals surface area contributed by atoms with E-state index < -0.39 is 5.41 Å². The van der Waals surface area contributed by atoms with Gasteiger partial charge in [0.15, 0.2) is 0 Å². The van der Waals surface area contributed by atoms with Gasteiger partial charge in [0.05, 0.1) is 5.41 Å². The summed E-state index contributed by atoms with van der Waals surface area (Å²) >= 11 is 0. The number of carbonyl (C=O) groups is 2. The highest BCUT2D eigenvalue weighted by molar-refractivity contribution is 5.86. The fraction of sp³-hybridized carbons (Fsp3) is 0.579. The number of carbonyl (C=O) groups excluding carboxylic acids is 2. The average Bonchev–Trinajstić information content (AvgIpc) is 2.59. The van der Waals surface area contributed by atoms with Gasteiger partial charge in [-0.15, -0.1) is 0 Å². The van der Waals surface area contributed by atoms with Crippen molar-refractivity contribution in [3.63, 3.8) is 0 Å². The van der Waals surface area contributed by atoms with E-state index in [4.69, 9.17) is 0 Å². The van der Waals surface area contributed by atoms with Crippen LogP contribution in [0.3, 0.4) is 0 Å². The second-order valence-electron chi connectivity index (χ2n) is 7.55. The van der Waals surface area contributed by atoms with E-state index in [-0.39, 0.29) is 23.7 Å². The number of piperazine rings is 1. The highest BCUT2D eigenvalue weighted by Crippen LogP contribution is 2.30. The van der Waals surface area contributed by atoms with Crippen LogP contribution in [0.1, 0.15) is 32.3 Å². The van der Waals surface area contributed by atoms with Gasteiger partial charge in [-0.25, -0.2) is 4.39 Å². The van der Waals surface area contributed by atoms with Gasteiger partial charge in [-0.2, -0.15) is 0 Å². The lowest BCUT2D eigenvalue weighted by Crippen LogP contribution is -2.59. The van der Waals surface area contributed by atoms with Crippen molar-refractivity contribution in [3.8, 4) is 0 Å². The Kier molecular flexibility index (Phi) is 5.08. The van der Waals surface area contributed by atoms with Crippen LogP contribution < -0.4 is 5.32 Å². The minimum atomic E-state index is -0.499. The second kappa shape index (κ2) is 7.12. The molecule has 0 radical (unpaired) electrons. The molecular weight excluding hydrogens is 321 g/mol. The van der Waals surface area contributed by atoms with Gasteiger partial charge in [0, 0.05) is 45.2 Å². The number of nitrogens with one attached hydrogen (secondary N) is 1. The van der Waals surface area contributed by atoms with E-state index in [2.05, 4.69) is 17.1 Å². The van der Waals surface area contributed by atoms with Crippen LogP contribution in [0.2, 0.25) is 0 Å². The van der Waals surface area contributed by atoms with Crippen LogP contribution in [0.15, 0.2) is 24.3 Å². The summed E-state index contributed by atoms with van der Waals surface area (Å²) in [7, 11) is 0. The van der Waals surface area contributed by atoms with Gasteiger partial charge >= 0.3 is 0 Å². The highest BCUT2D eigenvalue weighted by atomic mass is 19.1. The van der Waals surface area contributed by atoms with Crippen LogP contribution in [-0.4, -0.2) is 53.8 Å². The molecule has 2 aliphatic heterocycles. The monoisotopic (exact) mass is 347 g/mol. The number of rotatable bonds is 3. The molecule has 1 N–H and O–H groups in total. The molecule has 2 saturated heterocycles. The minimum Gasteiger partial charge on any atom is -0.355 e. The lowest BCUT2D eigenvalue weighted by Gasteiger charge is -2.44. The highest BCUT2D eigenvalue weighted by Gasteiger charge is 2.42. The normalized spacial score (nSPS) is 27.9. The number of nitrogens with zero attached hydrogens (tertiary/aromatic N) is 2. The zero-order valence-corrected chi connectivity index (χ0v) is 14.9. The predicted octanol–water partition coefficient (Wildman–Crippen LogP) is 1.77. The third-order valence-corrected chi connectivity index (χ3v) is 5.39. The van der Waals surface area contributed by atoms with Gasteiger partial charge in [-0.1, -0.05) is 12.1 Å². The molecule has 2 fully saturated rings. The fourth-order valence-corrected chi connectivity index (χ4v) is 3.72. The topological polar surface area (TPSA) is 52.7 Å². The molecule has 2 heterocycles. The van der Waals surface area contributed by atoms with Crippen molar-refractivity contribution < 1.29 is 14.0 Å². The Labute approximate surface area is 148 Å². The molecule has 0 unspecified atom stereocenters. The average molecular weight is 347 g/mol. The summed E-state index contributed by atoms with van der Waals surface area (Å²) < 4.78 is 13.0. The summed E-state index contributed by atoms with van der Waals surface area (Å²) in [6, 6.07) is 6.70. The molecular formula is C19H26FN3O2. The molecule has 0 spiro atoms. The largest absolute Gasteiger partial charge is 0.355 e. The van der Waals surface area contributed by atoms with Crippen LogP contribution in [0.25, 0.3) is 0 Å². The minimum absolute atomic E-state index is 0.0300. The summed E-state index contributed by atoms with van der Waals surface area (Å²) in [6.45, 7) is 7.49. The van der Waals surface area contributed by atoms with Crippen molar-refractivity contribution in [3.05, 3.63) is 35.6 Å². The van der Waals surface area contributed by atoms with Crippen LogP contribution in [-0.2, 0) is 16.1 Å². The summed E-state index contributed by atoms with van der Waals surface area (Å²) in [4.78, 5) is 28.6. The van der Waals surface area contributed by atoms with Crippen molar-refractivity contribution in [2.24, 2.45) is 5.41 Å². The number of benzene rings is 1. The Morgan fingerprint density at radius 3 is 2.64 bits per heavy atom. The van der Waals surface area contributed by atoms with Crippen molar-refractivity contribution in [1.82, 2.24) is 15.1 Å². The molecule has 6 heteroatoms. The van der Waals surface area contributed by atoms with Gasteiger partial charge in [0.1, 0.15) is 5.82 Å². The zero-order chi connectivity index (χ0) is 18.0. The van der Waals surface area contributed by atoms with Crippen LogP contribution in [0.5, 0.6) is 0 Å². The van der Waals surface area contributed by atoms with E-state index in [0.29, 0.717) is 25.9 Å². The number of hydrogen-bond acceptors (Lipinski definition) is 3. The van der Waals surface area contributed by atoms with Gasteiger partial charge in [-0.05, 0) is 38.0 Å². The molecule has 3 rings (SSSR count). The van der Waals surface area contributed by atoms with Gasteiger partial charge in [-0.3, -0.25) is 14.5 Å². The van der Waals surface area contributed by atoms with E-state index in [0.717, 1.165) is 25.2 Å². The van der Waals surface area contributed by atoms with Crippen molar-refractivity contribution in [1.29, 1.82) is 0 Å². The van der Waals surface area contributed by atoms with E-state index >= 15 is 0 Å². The first-order valence-corrected chi connectivity index (χ1v) is 8.92. The summed E-state index contributed by atoms with van der Waals surface area (Å²) in [6.07, 6.45) is 1.03. The number of amides is 2. The molecule has 25 heavy (non-hydrogen) atoms. The molecule has 0 aliphatic carbocycles. The smallest absolute Gasteiger partial charge is 0.230 e. The van der Waals surface area contributed by atoms with E-state index in [1.165, 1.54) is 12.1 Å². The Balaban J connectivity index is 1.58. The van der Waals surface area contributed by atoms with Gasteiger partial charge in [0.2, 0.25) is 11.8 Å². The van der Waals surface area contributed by atoms with Gasteiger partial charge in [0.25, 0.3) is 0 Å². The summed E-state index contributed by atoms with van der Waals surface area (Å²) in [5, 5.41) is 2.83. The maximum Gasteiger partial charge on any atom is 0.230 e. The molecule has 0 saturated carbocycles. The molecule has 2 amide bonds. The fourth-order valence-electron chi connectivity index (χ4n) is 3.72. The lowest BCUT2D eigenvalue weighted by molar-refractivity contribution is -0.148. The Morgan fingerprint density at radius 2 is 2.04 bits per heavy atom. The van der Waals surface area contributed by atoms with Crippen LogP contribution >= 0.6 is 0 Å². The van der Waals surface area contributed by atoms with E-state index in [9.17, 15) is 14.0 Å². The Bertz CT molecular complexity index is 637. The molecule has 136 valence electrons. The zero-order valence-electron chi connectivity index (χ0n) is 14.9. The molecule has 5 nitrogen and oxygen atoms in total. The number of piperidine rings is 1. The van der Waals surface area contributed by atoms with Crippen molar-refractivity contribution in [2.45, 2.75) is 39.3 Å². The quantitative estimate of drug-likeness (QED) is 0.907. The first kappa shape index (κ1) is 17.9. The van der Waals surface area contributed by atoms with Gasteiger partial charge < -0.3 is 10.2 Å². The molecule has 2 atom stereocenters. The van der Waals surface area contributed by atoms with Crippen LogP contribution in [0, 0.1) is 11.2 Å². The standard InChI is InChI=1S/C19H26FN3O2/c1-14-11-22(12-15-3-5-16(20)6-4-15)9-10-23(14)18(25)19(2)8-7-17(24)21-13-19/h3-6,14H,7-13H2,1-2H3,(H,21,24)/t14-,19-/m1/s1. The molecule has 0 aromatic heterocycles. The first-order chi connectivity index (χ1) is 11.9.